The highest BCUT2D eigenvalue weighted by molar-refractivity contribution is 5.74. The molecule has 0 aromatic carbocycles. The molecule has 2 atom stereocenters. The number of amides is 2. The Bertz CT molecular complexity index is 138. The summed E-state index contributed by atoms with van der Waals surface area (Å²) in [7, 11) is 1.59. The number of urea groups is 1. The maximum Gasteiger partial charge on any atom is 0.316 e. The number of ether oxygens (including phenoxy) is 1. The van der Waals surface area contributed by atoms with Crippen molar-refractivity contribution in [1.29, 1.82) is 0 Å². The van der Waals surface area contributed by atoms with Gasteiger partial charge in [0.15, 0.2) is 0 Å². The SMILES string of the molecule is COC1NC(=O)NCC1C. The van der Waals surface area contributed by atoms with Crippen molar-refractivity contribution in [2.45, 2.75) is 13.2 Å². The lowest BCUT2D eigenvalue weighted by molar-refractivity contribution is 0.0300. The van der Waals surface area contributed by atoms with E-state index < -0.39 is 0 Å². The maximum absolute atomic E-state index is 10.7. The molecule has 0 bridgehead atoms. The first-order valence-electron chi connectivity index (χ1n) is 3.31. The number of hydrogen-bond donors (Lipinski definition) is 2. The summed E-state index contributed by atoms with van der Waals surface area (Å²) in [5, 5.41) is 5.31. The van der Waals surface area contributed by atoms with Gasteiger partial charge in [0.25, 0.3) is 0 Å². The van der Waals surface area contributed by atoms with Gasteiger partial charge in [0.1, 0.15) is 6.23 Å². The Morgan fingerprint density at radius 1 is 1.70 bits per heavy atom. The Labute approximate surface area is 59.9 Å². The van der Waals surface area contributed by atoms with E-state index in [2.05, 4.69) is 10.6 Å². The normalized spacial score (nSPS) is 32.8. The van der Waals surface area contributed by atoms with E-state index in [1.165, 1.54) is 0 Å². The highest BCUT2D eigenvalue weighted by atomic mass is 16.5. The fourth-order valence-electron chi connectivity index (χ4n) is 0.974. The van der Waals surface area contributed by atoms with Crippen molar-refractivity contribution >= 4 is 6.03 Å². The maximum atomic E-state index is 10.7. The molecule has 58 valence electrons. The van der Waals surface area contributed by atoms with Crippen molar-refractivity contribution in [3.05, 3.63) is 0 Å². The number of carbonyl (C=O) groups is 1. The van der Waals surface area contributed by atoms with Crippen LogP contribution in [0.25, 0.3) is 0 Å². The van der Waals surface area contributed by atoms with Gasteiger partial charge in [-0.2, -0.15) is 0 Å². The quantitative estimate of drug-likeness (QED) is 0.540. The fourth-order valence-corrected chi connectivity index (χ4v) is 0.974. The second-order valence-electron chi connectivity index (χ2n) is 2.49. The molecule has 10 heavy (non-hydrogen) atoms. The van der Waals surface area contributed by atoms with Crippen molar-refractivity contribution in [1.82, 2.24) is 10.6 Å². The molecule has 2 N–H and O–H groups in total. The Morgan fingerprint density at radius 3 is 2.90 bits per heavy atom. The lowest BCUT2D eigenvalue weighted by Gasteiger charge is -2.28. The molecule has 1 heterocycles. The molecule has 1 rings (SSSR count). The first-order chi connectivity index (χ1) is 4.74. The molecule has 0 aromatic rings. The molecule has 2 amide bonds. The van der Waals surface area contributed by atoms with Crippen molar-refractivity contribution in [2.24, 2.45) is 5.92 Å². The first-order valence-corrected chi connectivity index (χ1v) is 3.31. The van der Waals surface area contributed by atoms with Crippen LogP contribution < -0.4 is 10.6 Å². The number of methoxy groups -OCH3 is 1. The molecule has 0 radical (unpaired) electrons. The van der Waals surface area contributed by atoms with Crippen LogP contribution in [0.1, 0.15) is 6.92 Å². The van der Waals surface area contributed by atoms with Gasteiger partial charge in [0.05, 0.1) is 0 Å². The van der Waals surface area contributed by atoms with Gasteiger partial charge in [0.2, 0.25) is 0 Å². The average molecular weight is 144 g/mol. The van der Waals surface area contributed by atoms with Gasteiger partial charge >= 0.3 is 6.03 Å². The average Bonchev–Trinajstić information content (AvgIpc) is 1.94. The largest absolute Gasteiger partial charge is 0.361 e. The summed E-state index contributed by atoms with van der Waals surface area (Å²) in [6.07, 6.45) is -0.131. The van der Waals surface area contributed by atoms with Crippen LogP contribution in [-0.2, 0) is 4.74 Å². The molecule has 1 fully saturated rings. The molecule has 2 unspecified atom stereocenters. The van der Waals surface area contributed by atoms with Crippen LogP contribution in [0, 0.1) is 5.92 Å². The third-order valence-electron chi connectivity index (χ3n) is 1.63. The van der Waals surface area contributed by atoms with Gasteiger partial charge in [-0.1, -0.05) is 6.92 Å². The van der Waals surface area contributed by atoms with Gasteiger partial charge in [-0.05, 0) is 0 Å². The fraction of sp³-hybridized carbons (Fsp3) is 0.833. The highest BCUT2D eigenvalue weighted by Crippen LogP contribution is 2.05. The number of rotatable bonds is 1. The predicted molar refractivity (Wildman–Crippen MR) is 36.5 cm³/mol. The monoisotopic (exact) mass is 144 g/mol. The first kappa shape index (κ1) is 7.34. The van der Waals surface area contributed by atoms with Gasteiger partial charge in [0, 0.05) is 19.6 Å². The van der Waals surface area contributed by atoms with E-state index in [0.29, 0.717) is 12.5 Å². The minimum atomic E-state index is -0.148. The predicted octanol–water partition coefficient (Wildman–Crippen LogP) is -0.0922. The van der Waals surface area contributed by atoms with E-state index >= 15 is 0 Å². The van der Waals surface area contributed by atoms with E-state index in [-0.39, 0.29) is 12.3 Å². The van der Waals surface area contributed by atoms with Gasteiger partial charge in [-0.15, -0.1) is 0 Å². The van der Waals surface area contributed by atoms with Crippen molar-refractivity contribution < 1.29 is 9.53 Å². The summed E-state index contributed by atoms with van der Waals surface area (Å²) in [5.74, 6) is 0.336. The number of nitrogens with one attached hydrogen (secondary N) is 2. The van der Waals surface area contributed by atoms with E-state index in [9.17, 15) is 4.79 Å². The zero-order chi connectivity index (χ0) is 7.56. The van der Waals surface area contributed by atoms with Crippen LogP contribution in [0.2, 0.25) is 0 Å². The van der Waals surface area contributed by atoms with Gasteiger partial charge in [-0.3, -0.25) is 0 Å². The Morgan fingerprint density at radius 2 is 2.40 bits per heavy atom. The standard InChI is InChI=1S/C6H12N2O2/c1-4-3-7-6(9)8-5(4)10-2/h4-5H,3H2,1-2H3,(H2,7,8,9). The lowest BCUT2D eigenvalue weighted by atomic mass is 10.1. The third kappa shape index (κ3) is 1.39. The van der Waals surface area contributed by atoms with Crippen molar-refractivity contribution in [3.63, 3.8) is 0 Å². The van der Waals surface area contributed by atoms with Crippen LogP contribution in [0.15, 0.2) is 0 Å². The molecule has 0 aromatic heterocycles. The zero-order valence-corrected chi connectivity index (χ0v) is 6.18. The van der Waals surface area contributed by atoms with Crippen LogP contribution in [0.3, 0.4) is 0 Å². The molecular weight excluding hydrogens is 132 g/mol. The van der Waals surface area contributed by atoms with Crippen LogP contribution in [-0.4, -0.2) is 25.9 Å². The molecular formula is C6H12N2O2. The van der Waals surface area contributed by atoms with Crippen LogP contribution >= 0.6 is 0 Å². The lowest BCUT2D eigenvalue weighted by Crippen LogP contribution is -2.54. The highest BCUT2D eigenvalue weighted by Gasteiger charge is 2.23. The van der Waals surface area contributed by atoms with E-state index in [1.54, 1.807) is 7.11 Å². The second-order valence-corrected chi connectivity index (χ2v) is 2.49. The van der Waals surface area contributed by atoms with Crippen LogP contribution in [0.5, 0.6) is 0 Å². The smallest absolute Gasteiger partial charge is 0.316 e. The summed E-state index contributed by atoms with van der Waals surface area (Å²) in [6, 6.07) is -0.148. The Hall–Kier alpha value is -0.770. The van der Waals surface area contributed by atoms with Crippen LogP contribution in [0.4, 0.5) is 4.79 Å². The molecule has 4 nitrogen and oxygen atoms in total. The summed E-state index contributed by atoms with van der Waals surface area (Å²) >= 11 is 0. The minimum absolute atomic E-state index is 0.131. The topological polar surface area (TPSA) is 50.4 Å². The van der Waals surface area contributed by atoms with Crippen molar-refractivity contribution in [3.8, 4) is 0 Å². The van der Waals surface area contributed by atoms with Gasteiger partial charge < -0.3 is 15.4 Å². The molecule has 4 heteroatoms. The number of hydrogen-bond acceptors (Lipinski definition) is 2. The summed E-state index contributed by atoms with van der Waals surface area (Å²) in [6.45, 7) is 2.70. The Balaban J connectivity index is 2.45. The molecule has 1 aliphatic rings. The number of carbonyl (C=O) groups excluding carboxylic acids is 1. The molecule has 1 saturated heterocycles. The summed E-state index contributed by atoms with van der Waals surface area (Å²) in [4.78, 5) is 10.7. The minimum Gasteiger partial charge on any atom is -0.361 e. The van der Waals surface area contributed by atoms with E-state index in [4.69, 9.17) is 4.74 Å². The second kappa shape index (κ2) is 2.88. The van der Waals surface area contributed by atoms with Crippen molar-refractivity contribution in [2.75, 3.05) is 13.7 Å². The molecule has 0 aliphatic carbocycles. The summed E-state index contributed by atoms with van der Waals surface area (Å²) < 4.78 is 5.00. The molecule has 0 saturated carbocycles. The molecule has 0 spiro atoms. The van der Waals surface area contributed by atoms with E-state index in [1.807, 2.05) is 6.92 Å². The third-order valence-corrected chi connectivity index (χ3v) is 1.63. The van der Waals surface area contributed by atoms with Gasteiger partial charge in [-0.25, -0.2) is 4.79 Å². The zero-order valence-electron chi connectivity index (χ0n) is 6.18. The Kier molecular flexibility index (Phi) is 2.11. The molecule has 1 aliphatic heterocycles. The summed E-state index contributed by atoms with van der Waals surface area (Å²) in [5.41, 5.74) is 0. The van der Waals surface area contributed by atoms with E-state index in [0.717, 1.165) is 0 Å².